The smallest absolute Gasteiger partial charge is 0.337 e. The third-order valence-electron chi connectivity index (χ3n) is 5.95. The fourth-order valence-electron chi connectivity index (χ4n) is 4.38. The first kappa shape index (κ1) is 23.7. The third kappa shape index (κ3) is 4.60. The van der Waals surface area contributed by atoms with E-state index in [-0.39, 0.29) is 23.7 Å². The van der Waals surface area contributed by atoms with E-state index in [1.54, 1.807) is 29.8 Å². The van der Waals surface area contributed by atoms with Gasteiger partial charge in [-0.1, -0.05) is 26.0 Å². The SMILES string of the molecule is Cc1nn(-c2ccc(C(=O)N(C)Cc3cccc(C(F)(F)F)c3)cn2)c2c1C(=O)CC(C)(C)C2. The van der Waals surface area contributed by atoms with E-state index in [0.717, 1.165) is 17.8 Å². The summed E-state index contributed by atoms with van der Waals surface area (Å²) in [6.07, 6.45) is -1.88. The van der Waals surface area contributed by atoms with Crippen LogP contribution in [0.4, 0.5) is 13.2 Å². The molecule has 0 fully saturated rings. The summed E-state index contributed by atoms with van der Waals surface area (Å²) in [7, 11) is 1.53. The first-order chi connectivity index (χ1) is 15.9. The number of Topliss-reactive ketones (excluding diaryl/α,β-unsaturated/α-hetero) is 1. The molecule has 1 aliphatic rings. The Morgan fingerprint density at radius 2 is 1.91 bits per heavy atom. The molecule has 34 heavy (non-hydrogen) atoms. The summed E-state index contributed by atoms with van der Waals surface area (Å²) < 4.78 is 40.5. The van der Waals surface area contributed by atoms with Gasteiger partial charge >= 0.3 is 6.18 Å². The van der Waals surface area contributed by atoms with E-state index in [4.69, 9.17) is 0 Å². The highest BCUT2D eigenvalue weighted by Crippen LogP contribution is 2.36. The summed E-state index contributed by atoms with van der Waals surface area (Å²) >= 11 is 0. The molecule has 6 nitrogen and oxygen atoms in total. The highest BCUT2D eigenvalue weighted by Gasteiger charge is 2.36. The van der Waals surface area contributed by atoms with Gasteiger partial charge in [-0.15, -0.1) is 0 Å². The van der Waals surface area contributed by atoms with Crippen molar-refractivity contribution < 1.29 is 22.8 Å². The molecule has 0 bridgehead atoms. The maximum atomic E-state index is 13.0. The molecule has 1 amide bonds. The van der Waals surface area contributed by atoms with Crippen molar-refractivity contribution in [1.29, 1.82) is 0 Å². The molecule has 1 aliphatic carbocycles. The van der Waals surface area contributed by atoms with Gasteiger partial charge in [0.25, 0.3) is 5.91 Å². The topological polar surface area (TPSA) is 68.1 Å². The van der Waals surface area contributed by atoms with Crippen molar-refractivity contribution in [2.75, 3.05) is 7.05 Å². The standard InChI is InChI=1S/C25H25F3N4O2/c1-15-22-19(11-24(2,3)12-20(22)33)32(30-15)21-9-8-17(13-29-21)23(34)31(4)14-16-6-5-7-18(10-16)25(26,27)28/h5-10,13H,11-12,14H2,1-4H3. The quantitative estimate of drug-likeness (QED) is 0.537. The van der Waals surface area contributed by atoms with Crippen LogP contribution in [0.3, 0.4) is 0 Å². The zero-order chi connectivity index (χ0) is 24.8. The van der Waals surface area contributed by atoms with E-state index >= 15 is 0 Å². The van der Waals surface area contributed by atoms with E-state index in [2.05, 4.69) is 10.1 Å². The second-order valence-electron chi connectivity index (χ2n) is 9.52. The van der Waals surface area contributed by atoms with Gasteiger partial charge in [-0.05, 0) is 48.6 Å². The number of alkyl halides is 3. The highest BCUT2D eigenvalue weighted by atomic mass is 19.4. The van der Waals surface area contributed by atoms with Crippen LogP contribution in [0.2, 0.25) is 0 Å². The van der Waals surface area contributed by atoms with Crippen LogP contribution in [0.25, 0.3) is 5.82 Å². The minimum Gasteiger partial charge on any atom is -0.337 e. The van der Waals surface area contributed by atoms with Crippen molar-refractivity contribution in [1.82, 2.24) is 19.7 Å². The van der Waals surface area contributed by atoms with E-state index in [1.165, 1.54) is 24.2 Å². The fraction of sp³-hybridized carbons (Fsp3) is 0.360. The first-order valence-corrected chi connectivity index (χ1v) is 10.9. The van der Waals surface area contributed by atoms with Gasteiger partial charge in [-0.2, -0.15) is 18.3 Å². The molecule has 1 aromatic carbocycles. The molecule has 0 atom stereocenters. The second-order valence-corrected chi connectivity index (χ2v) is 9.52. The monoisotopic (exact) mass is 470 g/mol. The Labute approximate surface area is 195 Å². The normalized spacial score (nSPS) is 15.2. The molecular weight excluding hydrogens is 445 g/mol. The van der Waals surface area contributed by atoms with Crippen LogP contribution < -0.4 is 0 Å². The maximum absolute atomic E-state index is 13.0. The van der Waals surface area contributed by atoms with Crippen LogP contribution in [0.1, 0.15) is 63.5 Å². The highest BCUT2D eigenvalue weighted by molar-refractivity contribution is 6.00. The average Bonchev–Trinajstić information content (AvgIpc) is 3.08. The molecule has 0 radical (unpaired) electrons. The van der Waals surface area contributed by atoms with Crippen molar-refractivity contribution in [2.45, 2.75) is 46.3 Å². The largest absolute Gasteiger partial charge is 0.416 e. The van der Waals surface area contributed by atoms with Crippen molar-refractivity contribution in [2.24, 2.45) is 5.41 Å². The molecule has 0 unspecified atom stereocenters. The number of rotatable bonds is 4. The number of aryl methyl sites for hydroxylation is 1. The number of nitrogens with zero attached hydrogens (tertiary/aromatic N) is 4. The van der Waals surface area contributed by atoms with Crippen molar-refractivity contribution in [3.8, 4) is 5.82 Å². The molecule has 0 saturated carbocycles. The lowest BCUT2D eigenvalue weighted by molar-refractivity contribution is -0.137. The van der Waals surface area contributed by atoms with Crippen LogP contribution in [0.15, 0.2) is 42.6 Å². The molecule has 9 heteroatoms. The lowest BCUT2D eigenvalue weighted by atomic mass is 9.75. The molecule has 178 valence electrons. The summed E-state index contributed by atoms with van der Waals surface area (Å²) in [4.78, 5) is 31.2. The number of ketones is 1. The number of pyridine rings is 1. The van der Waals surface area contributed by atoms with E-state index in [1.807, 2.05) is 13.8 Å². The Balaban J connectivity index is 1.54. The average molecular weight is 470 g/mol. The zero-order valence-corrected chi connectivity index (χ0v) is 19.4. The second kappa shape index (κ2) is 8.38. The zero-order valence-electron chi connectivity index (χ0n) is 19.4. The van der Waals surface area contributed by atoms with Gasteiger partial charge in [-0.25, -0.2) is 9.67 Å². The van der Waals surface area contributed by atoms with Crippen LogP contribution in [0, 0.1) is 12.3 Å². The fourth-order valence-corrected chi connectivity index (χ4v) is 4.38. The summed E-state index contributed by atoms with van der Waals surface area (Å²) in [6.45, 7) is 5.89. The molecule has 3 aromatic rings. The van der Waals surface area contributed by atoms with Crippen LogP contribution in [-0.4, -0.2) is 38.4 Å². The molecular formula is C25H25F3N4O2. The van der Waals surface area contributed by atoms with Crippen LogP contribution in [-0.2, 0) is 19.1 Å². The Morgan fingerprint density at radius 1 is 1.18 bits per heavy atom. The molecule has 4 rings (SSSR count). The number of halogens is 3. The molecule has 0 aliphatic heterocycles. The summed E-state index contributed by atoms with van der Waals surface area (Å²) in [6, 6.07) is 8.17. The van der Waals surface area contributed by atoms with Gasteiger partial charge in [0.05, 0.1) is 28.1 Å². The number of amides is 1. The summed E-state index contributed by atoms with van der Waals surface area (Å²) in [5.74, 6) is 0.191. The summed E-state index contributed by atoms with van der Waals surface area (Å²) in [5.41, 5.74) is 1.84. The number of benzene rings is 1. The maximum Gasteiger partial charge on any atom is 0.416 e. The first-order valence-electron chi connectivity index (χ1n) is 10.9. The predicted octanol–water partition coefficient (Wildman–Crippen LogP) is 5.02. The number of carbonyl (C=O) groups excluding carboxylic acids is 2. The Kier molecular flexibility index (Phi) is 5.83. The van der Waals surface area contributed by atoms with Gasteiger partial charge in [0, 0.05) is 26.2 Å². The van der Waals surface area contributed by atoms with Crippen LogP contribution >= 0.6 is 0 Å². The van der Waals surface area contributed by atoms with Gasteiger partial charge in [0.2, 0.25) is 0 Å². The summed E-state index contributed by atoms with van der Waals surface area (Å²) in [5, 5.41) is 4.52. The number of fused-ring (bicyclic) bond motifs is 1. The van der Waals surface area contributed by atoms with E-state index in [9.17, 15) is 22.8 Å². The van der Waals surface area contributed by atoms with Crippen LogP contribution in [0.5, 0.6) is 0 Å². The number of carbonyl (C=O) groups is 2. The Bertz CT molecular complexity index is 1260. The Hall–Kier alpha value is -3.49. The van der Waals surface area contributed by atoms with E-state index < -0.39 is 11.7 Å². The van der Waals surface area contributed by atoms with Crippen molar-refractivity contribution in [3.63, 3.8) is 0 Å². The number of hydrogen-bond donors (Lipinski definition) is 0. The number of aromatic nitrogens is 3. The minimum atomic E-state index is -4.44. The van der Waals surface area contributed by atoms with Crippen molar-refractivity contribution >= 4 is 11.7 Å². The molecule has 0 N–H and O–H groups in total. The van der Waals surface area contributed by atoms with Gasteiger partial charge in [0.1, 0.15) is 0 Å². The van der Waals surface area contributed by atoms with Gasteiger partial charge < -0.3 is 4.90 Å². The van der Waals surface area contributed by atoms with Crippen molar-refractivity contribution in [3.05, 3.63) is 76.2 Å². The number of hydrogen-bond acceptors (Lipinski definition) is 4. The van der Waals surface area contributed by atoms with Gasteiger partial charge in [0.15, 0.2) is 11.6 Å². The minimum absolute atomic E-state index is 0.0214. The molecule has 0 saturated heterocycles. The lowest BCUT2D eigenvalue weighted by Crippen LogP contribution is -2.28. The molecule has 2 aromatic heterocycles. The molecule has 2 heterocycles. The lowest BCUT2D eigenvalue weighted by Gasteiger charge is -2.29. The third-order valence-corrected chi connectivity index (χ3v) is 5.95. The van der Waals surface area contributed by atoms with Gasteiger partial charge in [-0.3, -0.25) is 9.59 Å². The molecule has 0 spiro atoms. The Morgan fingerprint density at radius 3 is 2.56 bits per heavy atom. The van der Waals surface area contributed by atoms with E-state index in [0.29, 0.717) is 41.0 Å². The predicted molar refractivity (Wildman–Crippen MR) is 120 cm³/mol.